The molecule has 0 radical (unpaired) electrons. The number of benzene rings is 4. The molecule has 0 saturated carbocycles. The molecule has 0 spiro atoms. The van der Waals surface area contributed by atoms with Gasteiger partial charge in [-0.15, -0.1) is 0 Å². The van der Waals surface area contributed by atoms with Crippen LogP contribution in [0.3, 0.4) is 0 Å². The van der Waals surface area contributed by atoms with Gasteiger partial charge in [-0.3, -0.25) is 0 Å². The Hall–Kier alpha value is -2.86. The monoisotopic (exact) mass is 320 g/mol. The average molecular weight is 320 g/mol. The van der Waals surface area contributed by atoms with E-state index in [1.165, 1.54) is 49.7 Å². The molecule has 0 saturated heterocycles. The quantitative estimate of drug-likeness (QED) is 0.356. The van der Waals surface area contributed by atoms with Gasteiger partial charge >= 0.3 is 0 Å². The molecule has 1 unspecified atom stereocenters. The molecule has 0 nitrogen and oxygen atoms in total. The third-order valence-corrected chi connectivity index (χ3v) is 5.60. The number of aryl methyl sites for hydroxylation is 1. The Balaban J connectivity index is 1.88. The third kappa shape index (κ3) is 2.07. The van der Waals surface area contributed by atoms with Crippen molar-refractivity contribution in [3.63, 3.8) is 0 Å². The molecular formula is C25H20. The Morgan fingerprint density at radius 3 is 2.12 bits per heavy atom. The molecule has 0 aliphatic heterocycles. The first kappa shape index (κ1) is 14.5. The summed E-state index contributed by atoms with van der Waals surface area (Å²) in [5.74, 6) is 0.444. The van der Waals surface area contributed by atoms with Crippen molar-refractivity contribution in [1.29, 1.82) is 0 Å². The van der Waals surface area contributed by atoms with Gasteiger partial charge in [0.2, 0.25) is 0 Å². The van der Waals surface area contributed by atoms with Crippen LogP contribution in [-0.4, -0.2) is 0 Å². The number of rotatable bonds is 1. The highest BCUT2D eigenvalue weighted by molar-refractivity contribution is 6.08. The van der Waals surface area contributed by atoms with Crippen LogP contribution in [-0.2, 0) is 0 Å². The lowest BCUT2D eigenvalue weighted by Gasteiger charge is -2.14. The average Bonchev–Trinajstić information content (AvgIpc) is 2.95. The van der Waals surface area contributed by atoms with Crippen LogP contribution in [0.4, 0.5) is 0 Å². The van der Waals surface area contributed by atoms with Gasteiger partial charge in [-0.1, -0.05) is 85.3 Å². The summed E-state index contributed by atoms with van der Waals surface area (Å²) in [6, 6.07) is 29.0. The first-order chi connectivity index (χ1) is 12.2. The molecule has 0 heteroatoms. The molecule has 1 aliphatic carbocycles. The van der Waals surface area contributed by atoms with Gasteiger partial charge in [0, 0.05) is 5.92 Å². The fourth-order valence-corrected chi connectivity index (χ4v) is 4.28. The van der Waals surface area contributed by atoms with E-state index in [4.69, 9.17) is 0 Å². The van der Waals surface area contributed by atoms with Gasteiger partial charge in [-0.2, -0.15) is 0 Å². The maximum atomic E-state index is 2.42. The van der Waals surface area contributed by atoms with Crippen molar-refractivity contribution in [2.75, 3.05) is 0 Å². The van der Waals surface area contributed by atoms with E-state index in [1.54, 1.807) is 0 Å². The smallest absolute Gasteiger partial charge is 0.00737 e. The number of hydrogen-bond acceptors (Lipinski definition) is 0. The van der Waals surface area contributed by atoms with Gasteiger partial charge in [-0.25, -0.2) is 0 Å². The molecule has 0 N–H and O–H groups in total. The van der Waals surface area contributed by atoms with Gasteiger partial charge in [0.05, 0.1) is 0 Å². The summed E-state index contributed by atoms with van der Waals surface area (Å²) in [5.41, 5.74) is 9.67. The molecular weight excluding hydrogens is 300 g/mol. The zero-order valence-corrected chi connectivity index (χ0v) is 14.6. The van der Waals surface area contributed by atoms with E-state index in [-0.39, 0.29) is 0 Å². The molecule has 0 amide bonds. The topological polar surface area (TPSA) is 0 Å². The minimum Gasteiger partial charge on any atom is -0.0619 e. The SMILES string of the molecule is Cc1ccc(-c2cc3c(c4ccccc24)-c2ccccc2C3C)cc1. The Bertz CT molecular complexity index is 1100. The van der Waals surface area contributed by atoms with Crippen molar-refractivity contribution in [2.24, 2.45) is 0 Å². The van der Waals surface area contributed by atoms with Gasteiger partial charge in [0.25, 0.3) is 0 Å². The molecule has 4 aromatic rings. The van der Waals surface area contributed by atoms with Crippen LogP contribution in [0.5, 0.6) is 0 Å². The van der Waals surface area contributed by atoms with Crippen molar-refractivity contribution >= 4 is 10.8 Å². The predicted octanol–water partition coefficient (Wildman–Crippen LogP) is 6.95. The zero-order chi connectivity index (χ0) is 17.0. The predicted molar refractivity (Wildman–Crippen MR) is 107 cm³/mol. The molecule has 1 atom stereocenters. The van der Waals surface area contributed by atoms with Gasteiger partial charge in [0.1, 0.15) is 0 Å². The summed E-state index contributed by atoms with van der Waals surface area (Å²) in [4.78, 5) is 0. The summed E-state index contributed by atoms with van der Waals surface area (Å²) >= 11 is 0. The summed E-state index contributed by atoms with van der Waals surface area (Å²) in [6.07, 6.45) is 0. The lowest BCUT2D eigenvalue weighted by atomic mass is 9.89. The van der Waals surface area contributed by atoms with Gasteiger partial charge in [-0.05, 0) is 57.1 Å². The molecule has 4 aromatic carbocycles. The van der Waals surface area contributed by atoms with E-state index < -0.39 is 0 Å². The standard InChI is InChI=1S/C25H20/c1-16-11-13-18(14-12-16)24-15-23-17(2)19-7-3-5-9-21(19)25(23)22-10-6-4-8-20(22)24/h3-15,17H,1-2H3. The third-order valence-electron chi connectivity index (χ3n) is 5.60. The largest absolute Gasteiger partial charge is 0.0619 e. The van der Waals surface area contributed by atoms with E-state index >= 15 is 0 Å². The van der Waals surface area contributed by atoms with Gasteiger partial charge in [0.15, 0.2) is 0 Å². The zero-order valence-electron chi connectivity index (χ0n) is 14.6. The Morgan fingerprint density at radius 2 is 1.32 bits per heavy atom. The molecule has 0 heterocycles. The lowest BCUT2D eigenvalue weighted by Crippen LogP contribution is -1.92. The van der Waals surface area contributed by atoms with Crippen molar-refractivity contribution < 1.29 is 0 Å². The van der Waals surface area contributed by atoms with E-state index in [9.17, 15) is 0 Å². The summed E-state index contributed by atoms with van der Waals surface area (Å²) in [6.45, 7) is 4.47. The van der Waals surface area contributed by atoms with E-state index in [0.717, 1.165) is 0 Å². The van der Waals surface area contributed by atoms with Crippen LogP contribution >= 0.6 is 0 Å². The highest BCUT2D eigenvalue weighted by atomic mass is 14.3. The van der Waals surface area contributed by atoms with Crippen molar-refractivity contribution in [2.45, 2.75) is 19.8 Å². The van der Waals surface area contributed by atoms with Crippen LogP contribution < -0.4 is 0 Å². The normalized spacial score (nSPS) is 15.2. The van der Waals surface area contributed by atoms with Gasteiger partial charge < -0.3 is 0 Å². The fraction of sp³-hybridized carbons (Fsp3) is 0.120. The fourth-order valence-electron chi connectivity index (χ4n) is 4.28. The molecule has 0 bridgehead atoms. The highest BCUT2D eigenvalue weighted by Crippen LogP contribution is 2.49. The maximum Gasteiger partial charge on any atom is 0.00737 e. The Kier molecular flexibility index (Phi) is 3.08. The summed E-state index contributed by atoms with van der Waals surface area (Å²) in [5, 5.41) is 2.71. The number of fused-ring (bicyclic) bond motifs is 5. The number of hydrogen-bond donors (Lipinski definition) is 0. The van der Waals surface area contributed by atoms with E-state index in [1.807, 2.05) is 0 Å². The lowest BCUT2D eigenvalue weighted by molar-refractivity contribution is 0.958. The molecule has 25 heavy (non-hydrogen) atoms. The van der Waals surface area contributed by atoms with Crippen molar-refractivity contribution in [3.8, 4) is 22.3 Å². The van der Waals surface area contributed by atoms with Crippen molar-refractivity contribution in [3.05, 3.63) is 95.6 Å². The first-order valence-electron chi connectivity index (χ1n) is 8.96. The molecule has 0 aromatic heterocycles. The molecule has 120 valence electrons. The Labute approximate surface area is 148 Å². The second-order valence-electron chi connectivity index (χ2n) is 7.11. The van der Waals surface area contributed by atoms with Crippen LogP contribution in [0.25, 0.3) is 33.0 Å². The minimum atomic E-state index is 0.444. The van der Waals surface area contributed by atoms with Crippen LogP contribution in [0.1, 0.15) is 29.5 Å². The van der Waals surface area contributed by atoms with Crippen molar-refractivity contribution in [1.82, 2.24) is 0 Å². The maximum absolute atomic E-state index is 2.42. The Morgan fingerprint density at radius 1 is 0.640 bits per heavy atom. The first-order valence-corrected chi connectivity index (χ1v) is 8.96. The summed E-state index contributed by atoms with van der Waals surface area (Å²) < 4.78 is 0. The van der Waals surface area contributed by atoms with Crippen LogP contribution in [0.15, 0.2) is 78.9 Å². The highest BCUT2D eigenvalue weighted by Gasteiger charge is 2.27. The second-order valence-corrected chi connectivity index (χ2v) is 7.11. The molecule has 1 aliphatic rings. The van der Waals surface area contributed by atoms with Crippen LogP contribution in [0.2, 0.25) is 0 Å². The van der Waals surface area contributed by atoms with Crippen LogP contribution in [0, 0.1) is 6.92 Å². The van der Waals surface area contributed by atoms with E-state index in [0.29, 0.717) is 5.92 Å². The minimum absolute atomic E-state index is 0.444. The molecule has 5 rings (SSSR count). The second kappa shape index (κ2) is 5.32. The molecule has 0 fully saturated rings. The van der Waals surface area contributed by atoms with E-state index in [2.05, 4.69) is 92.7 Å². The summed E-state index contributed by atoms with van der Waals surface area (Å²) in [7, 11) is 0.